The normalized spacial score (nSPS) is 47.4. The van der Waals surface area contributed by atoms with Crippen molar-refractivity contribution in [1.29, 1.82) is 0 Å². The van der Waals surface area contributed by atoms with Crippen LogP contribution in [0, 0.1) is 35.5 Å². The van der Waals surface area contributed by atoms with Crippen LogP contribution in [-0.4, -0.2) is 50.1 Å². The summed E-state index contributed by atoms with van der Waals surface area (Å²) in [7, 11) is -0.0113. The van der Waals surface area contributed by atoms with E-state index >= 15 is 0 Å². The van der Waals surface area contributed by atoms with Crippen molar-refractivity contribution in [3.63, 3.8) is 0 Å². The van der Waals surface area contributed by atoms with E-state index in [1.807, 2.05) is 0 Å². The molecule has 4 saturated carbocycles. The molecule has 0 aromatic heterocycles. The molecule has 2 saturated heterocycles. The Morgan fingerprint density at radius 2 is 0.938 bits per heavy atom. The molecule has 6 rings (SSSR count). The third kappa shape index (κ3) is 3.69. The smallest absolute Gasteiger partial charge is 0.354 e. The van der Waals surface area contributed by atoms with Gasteiger partial charge in [0.15, 0.2) is 0 Å². The zero-order valence-corrected chi connectivity index (χ0v) is 22.1. The summed E-state index contributed by atoms with van der Waals surface area (Å²) in [5.74, 6) is 5.90. The Hall–Kier alpha value is 0.0969. The molecule has 32 heavy (non-hydrogen) atoms. The van der Waals surface area contributed by atoms with Crippen LogP contribution >= 0.6 is 0 Å². The summed E-state index contributed by atoms with van der Waals surface area (Å²) >= 11 is 0. The van der Waals surface area contributed by atoms with Crippen molar-refractivity contribution < 1.29 is 4.43 Å². The number of hydrogen-bond acceptors (Lipinski definition) is 3. The van der Waals surface area contributed by atoms with Crippen molar-refractivity contribution in [2.75, 3.05) is 20.2 Å². The molecule has 3 nitrogen and oxygen atoms in total. The zero-order chi connectivity index (χ0) is 21.7. The van der Waals surface area contributed by atoms with Crippen LogP contribution in [0.2, 0.25) is 6.55 Å². The Labute approximate surface area is 199 Å². The molecule has 0 bridgehead atoms. The lowest BCUT2D eigenvalue weighted by molar-refractivity contribution is -0.0363. The van der Waals surface area contributed by atoms with Crippen LogP contribution in [0.25, 0.3) is 0 Å². The van der Waals surface area contributed by atoms with Crippen LogP contribution in [-0.2, 0) is 4.43 Å². The van der Waals surface area contributed by atoms with Crippen molar-refractivity contribution in [3.8, 4) is 0 Å². The zero-order valence-electron chi connectivity index (χ0n) is 21.1. The standard InChI is InChI=1S/C28H50N2OSi/c1-31-32(2,29-19-7-11-23-17-15-21-9-3-5-13-25(21)27(23)29)30-20-8-12-24-18-16-22-10-4-6-14-26(22)28(24)30/h21-28H,3-20H2,1-2H3. The monoisotopic (exact) mass is 458 g/mol. The highest BCUT2D eigenvalue weighted by Gasteiger charge is 2.58. The van der Waals surface area contributed by atoms with E-state index < -0.39 is 8.64 Å². The summed E-state index contributed by atoms with van der Waals surface area (Å²) in [6, 6.07) is 1.68. The lowest BCUT2D eigenvalue weighted by Crippen LogP contribution is -2.76. The van der Waals surface area contributed by atoms with Crippen molar-refractivity contribution in [1.82, 2.24) is 9.13 Å². The fraction of sp³-hybridized carbons (Fsp3) is 1.00. The van der Waals surface area contributed by atoms with Crippen molar-refractivity contribution in [3.05, 3.63) is 0 Å². The lowest BCUT2D eigenvalue weighted by Gasteiger charge is -2.62. The second-order valence-corrected chi connectivity index (χ2v) is 16.3. The first-order chi connectivity index (χ1) is 15.7. The van der Waals surface area contributed by atoms with Crippen LogP contribution < -0.4 is 0 Å². The summed E-state index contributed by atoms with van der Waals surface area (Å²) in [5, 5.41) is 0. The van der Waals surface area contributed by atoms with E-state index in [0.29, 0.717) is 0 Å². The van der Waals surface area contributed by atoms with E-state index in [1.165, 1.54) is 116 Å². The largest absolute Gasteiger partial charge is 0.395 e. The lowest BCUT2D eigenvalue weighted by atomic mass is 9.63. The summed E-state index contributed by atoms with van der Waals surface area (Å²) in [4.78, 5) is 0. The average Bonchev–Trinajstić information content (AvgIpc) is 2.87. The van der Waals surface area contributed by atoms with Gasteiger partial charge in [0.05, 0.1) is 0 Å². The second kappa shape index (κ2) is 9.28. The highest BCUT2D eigenvalue weighted by Crippen LogP contribution is 2.52. The highest BCUT2D eigenvalue weighted by molar-refractivity contribution is 6.67. The average molecular weight is 459 g/mol. The first-order valence-electron chi connectivity index (χ1n) is 14.8. The highest BCUT2D eigenvalue weighted by atomic mass is 28.4. The molecule has 4 heteroatoms. The van der Waals surface area contributed by atoms with E-state index in [9.17, 15) is 0 Å². The fourth-order valence-corrected chi connectivity index (χ4v) is 14.2. The van der Waals surface area contributed by atoms with E-state index in [4.69, 9.17) is 4.43 Å². The maximum absolute atomic E-state index is 6.86. The summed E-state index contributed by atoms with van der Waals surface area (Å²) in [5.41, 5.74) is 0. The fourth-order valence-electron chi connectivity index (χ4n) is 10.3. The van der Waals surface area contributed by atoms with Crippen molar-refractivity contribution in [2.45, 2.75) is 121 Å². The third-order valence-electron chi connectivity index (χ3n) is 11.7. The molecule has 2 aliphatic heterocycles. The summed E-state index contributed by atoms with van der Waals surface area (Å²) in [6.07, 6.45) is 23.9. The van der Waals surface area contributed by atoms with Crippen LogP contribution in [0.1, 0.15) is 103 Å². The van der Waals surface area contributed by atoms with Gasteiger partial charge in [0.2, 0.25) is 0 Å². The number of rotatable bonds is 3. The summed E-state index contributed by atoms with van der Waals surface area (Å²) < 4.78 is 13.1. The van der Waals surface area contributed by atoms with Gasteiger partial charge in [0.25, 0.3) is 0 Å². The summed E-state index contributed by atoms with van der Waals surface area (Å²) in [6.45, 7) is 5.29. The van der Waals surface area contributed by atoms with Crippen LogP contribution in [0.3, 0.4) is 0 Å². The molecule has 6 aliphatic rings. The van der Waals surface area contributed by atoms with E-state index in [0.717, 1.165) is 47.6 Å². The van der Waals surface area contributed by atoms with Gasteiger partial charge in [-0.25, -0.2) is 0 Å². The van der Waals surface area contributed by atoms with Gasteiger partial charge in [0, 0.05) is 19.2 Å². The molecule has 8 unspecified atom stereocenters. The third-order valence-corrected chi connectivity index (χ3v) is 15.7. The number of hydrogen-bond donors (Lipinski definition) is 0. The number of fused-ring (bicyclic) bond motifs is 6. The molecule has 6 fully saturated rings. The molecule has 182 valence electrons. The van der Waals surface area contributed by atoms with Crippen molar-refractivity contribution >= 4 is 8.64 Å². The first-order valence-corrected chi connectivity index (χ1v) is 17.1. The molecule has 0 amide bonds. The number of nitrogens with zero attached hydrogens (tertiary/aromatic N) is 2. The van der Waals surface area contributed by atoms with Gasteiger partial charge in [-0.2, -0.15) is 0 Å². The van der Waals surface area contributed by atoms with Gasteiger partial charge in [-0.15, -0.1) is 0 Å². The van der Waals surface area contributed by atoms with E-state index in [1.54, 1.807) is 0 Å². The predicted octanol–water partition coefficient (Wildman–Crippen LogP) is 6.56. The Bertz CT molecular complexity index is 607. The maximum Gasteiger partial charge on any atom is 0.354 e. The molecular weight excluding hydrogens is 408 g/mol. The number of piperidine rings is 2. The topological polar surface area (TPSA) is 15.7 Å². The molecule has 0 aromatic carbocycles. The van der Waals surface area contributed by atoms with Gasteiger partial charge in [-0.05, 0) is 119 Å². The van der Waals surface area contributed by atoms with Crippen LogP contribution in [0.5, 0.6) is 0 Å². The maximum atomic E-state index is 6.86. The molecule has 4 aliphatic carbocycles. The van der Waals surface area contributed by atoms with Crippen LogP contribution in [0.4, 0.5) is 0 Å². The quantitative estimate of drug-likeness (QED) is 0.445. The molecule has 0 radical (unpaired) electrons. The van der Waals surface area contributed by atoms with Gasteiger partial charge in [-0.1, -0.05) is 38.5 Å². The first kappa shape index (κ1) is 22.6. The Morgan fingerprint density at radius 3 is 1.41 bits per heavy atom. The van der Waals surface area contributed by atoms with E-state index in [-0.39, 0.29) is 0 Å². The van der Waals surface area contributed by atoms with Crippen LogP contribution in [0.15, 0.2) is 0 Å². The van der Waals surface area contributed by atoms with Gasteiger partial charge in [-0.3, -0.25) is 9.13 Å². The molecule has 2 heterocycles. The van der Waals surface area contributed by atoms with Gasteiger partial charge < -0.3 is 4.43 Å². The SMILES string of the molecule is CO[Si](C)(N1CCCC2CCC3CCCCC3C21)N1CCCC2CCC3CCCCC3C21. The molecule has 0 N–H and O–H groups in total. The minimum atomic E-state index is -2.12. The minimum Gasteiger partial charge on any atom is -0.395 e. The minimum absolute atomic E-state index is 0.838. The molecule has 8 atom stereocenters. The molecule has 0 spiro atoms. The Morgan fingerprint density at radius 1 is 0.531 bits per heavy atom. The van der Waals surface area contributed by atoms with Gasteiger partial charge >= 0.3 is 8.64 Å². The Kier molecular flexibility index (Phi) is 6.54. The second-order valence-electron chi connectivity index (χ2n) is 12.9. The molecular formula is C28H50N2OSi. The van der Waals surface area contributed by atoms with Crippen molar-refractivity contribution in [2.24, 2.45) is 35.5 Å². The Balaban J connectivity index is 1.33. The molecule has 0 aromatic rings. The van der Waals surface area contributed by atoms with Gasteiger partial charge in [0.1, 0.15) is 0 Å². The predicted molar refractivity (Wildman–Crippen MR) is 134 cm³/mol. The van der Waals surface area contributed by atoms with E-state index in [2.05, 4.69) is 22.8 Å².